The first kappa shape index (κ1) is 22.6. The number of rotatable bonds is 4. The Morgan fingerprint density at radius 3 is 1.56 bits per heavy atom. The van der Waals surface area contributed by atoms with E-state index >= 15 is 0 Å². The highest BCUT2D eigenvalue weighted by atomic mass is 16.5. The summed E-state index contributed by atoms with van der Waals surface area (Å²) in [6.45, 7) is 0. The van der Waals surface area contributed by atoms with Crippen LogP contribution in [0.4, 0.5) is 0 Å². The molecule has 0 saturated carbocycles. The topological polar surface area (TPSA) is 36.9 Å². The van der Waals surface area contributed by atoms with E-state index in [1.807, 2.05) is 48.5 Å². The molecule has 0 heterocycles. The highest BCUT2D eigenvalue weighted by Gasteiger charge is 2.12. The summed E-state index contributed by atoms with van der Waals surface area (Å²) in [5.74, 6) is 15.3. The molecule has 4 heteroatoms. The van der Waals surface area contributed by atoms with E-state index < -0.39 is 0 Å². The first-order chi connectivity index (χ1) is 16.6. The van der Waals surface area contributed by atoms with E-state index in [2.05, 4.69) is 47.9 Å². The number of methoxy groups -OCH3 is 4. The molecule has 34 heavy (non-hydrogen) atoms. The fraction of sp³-hybridized carbons (Fsp3) is 0.133. The van der Waals surface area contributed by atoms with Crippen molar-refractivity contribution in [1.82, 2.24) is 0 Å². The molecule has 0 aliphatic rings. The van der Waals surface area contributed by atoms with Crippen LogP contribution < -0.4 is 18.9 Å². The third-order valence-corrected chi connectivity index (χ3v) is 5.28. The maximum Gasteiger partial charge on any atom is 0.203 e. The van der Waals surface area contributed by atoms with Gasteiger partial charge in [-0.3, -0.25) is 0 Å². The van der Waals surface area contributed by atoms with E-state index in [-0.39, 0.29) is 0 Å². The molecule has 0 radical (unpaired) electrons. The van der Waals surface area contributed by atoms with Crippen molar-refractivity contribution in [2.45, 2.75) is 0 Å². The summed E-state index contributed by atoms with van der Waals surface area (Å²) in [4.78, 5) is 0. The molecule has 4 nitrogen and oxygen atoms in total. The number of fused-ring (bicyclic) bond motifs is 1. The highest BCUT2D eigenvalue weighted by Crippen LogP contribution is 2.38. The van der Waals surface area contributed by atoms with E-state index in [1.54, 1.807) is 28.4 Å². The zero-order valence-electron chi connectivity index (χ0n) is 19.6. The van der Waals surface area contributed by atoms with Crippen LogP contribution in [0.2, 0.25) is 0 Å². The monoisotopic (exact) mass is 448 g/mol. The molecule has 0 aromatic heterocycles. The fourth-order valence-corrected chi connectivity index (χ4v) is 3.54. The summed E-state index contributed by atoms with van der Waals surface area (Å²) in [5, 5.41) is 2.21. The quantitative estimate of drug-likeness (QED) is 0.377. The second-order valence-corrected chi connectivity index (χ2v) is 7.42. The summed E-state index contributed by atoms with van der Waals surface area (Å²) < 4.78 is 21.5. The molecular formula is C30H24O4. The van der Waals surface area contributed by atoms with Crippen molar-refractivity contribution in [2.75, 3.05) is 28.4 Å². The predicted molar refractivity (Wildman–Crippen MR) is 135 cm³/mol. The lowest BCUT2D eigenvalue weighted by Gasteiger charge is -2.12. The molecule has 0 fully saturated rings. The summed E-state index contributed by atoms with van der Waals surface area (Å²) in [6.07, 6.45) is 0. The summed E-state index contributed by atoms with van der Waals surface area (Å²) >= 11 is 0. The Balaban J connectivity index is 1.64. The molecule has 168 valence electrons. The van der Waals surface area contributed by atoms with Crippen LogP contribution in [0.5, 0.6) is 23.0 Å². The Morgan fingerprint density at radius 1 is 0.471 bits per heavy atom. The van der Waals surface area contributed by atoms with Crippen molar-refractivity contribution in [3.05, 3.63) is 95.1 Å². The molecule has 0 aliphatic carbocycles. The molecule has 0 bridgehead atoms. The minimum Gasteiger partial charge on any atom is -0.497 e. The van der Waals surface area contributed by atoms with Gasteiger partial charge in [0, 0.05) is 22.3 Å². The molecule has 0 saturated heterocycles. The van der Waals surface area contributed by atoms with Gasteiger partial charge in [-0.25, -0.2) is 0 Å². The fourth-order valence-electron chi connectivity index (χ4n) is 3.54. The van der Waals surface area contributed by atoms with Gasteiger partial charge in [-0.15, -0.1) is 0 Å². The maximum atomic E-state index is 5.42. The average molecular weight is 449 g/mol. The lowest BCUT2D eigenvalue weighted by atomic mass is 10.0. The molecule has 4 aromatic rings. The van der Waals surface area contributed by atoms with Gasteiger partial charge < -0.3 is 18.9 Å². The van der Waals surface area contributed by atoms with Gasteiger partial charge in [-0.1, -0.05) is 41.9 Å². The number of hydrogen-bond acceptors (Lipinski definition) is 4. The molecule has 0 spiro atoms. The van der Waals surface area contributed by atoms with Crippen molar-refractivity contribution in [3.8, 4) is 46.7 Å². The number of ether oxygens (including phenoxy) is 4. The number of benzene rings is 4. The Labute approximate surface area is 200 Å². The van der Waals surface area contributed by atoms with E-state index in [0.29, 0.717) is 17.2 Å². The van der Waals surface area contributed by atoms with E-state index in [9.17, 15) is 0 Å². The van der Waals surface area contributed by atoms with Crippen LogP contribution in [-0.2, 0) is 0 Å². The second-order valence-electron chi connectivity index (χ2n) is 7.42. The van der Waals surface area contributed by atoms with Crippen LogP contribution in [0.1, 0.15) is 22.3 Å². The predicted octanol–water partition coefficient (Wildman–Crippen LogP) is 5.67. The third kappa shape index (κ3) is 5.09. The average Bonchev–Trinajstić information content (AvgIpc) is 2.89. The maximum absolute atomic E-state index is 5.42. The van der Waals surface area contributed by atoms with Crippen LogP contribution in [0.3, 0.4) is 0 Å². The number of hydrogen-bond donors (Lipinski definition) is 0. The molecule has 0 aliphatic heterocycles. The molecule has 0 atom stereocenters. The van der Waals surface area contributed by atoms with Gasteiger partial charge in [0.1, 0.15) is 5.75 Å². The van der Waals surface area contributed by atoms with Crippen molar-refractivity contribution in [1.29, 1.82) is 0 Å². The lowest BCUT2D eigenvalue weighted by Crippen LogP contribution is -1.95. The van der Waals surface area contributed by atoms with E-state index in [1.165, 1.54) is 0 Å². The van der Waals surface area contributed by atoms with Crippen molar-refractivity contribution < 1.29 is 18.9 Å². The first-order valence-electron chi connectivity index (χ1n) is 10.7. The van der Waals surface area contributed by atoms with Gasteiger partial charge in [-0.05, 0) is 65.4 Å². The molecular weight excluding hydrogens is 424 g/mol. The minimum atomic E-state index is 0.545. The largest absolute Gasteiger partial charge is 0.497 e. The van der Waals surface area contributed by atoms with E-state index in [0.717, 1.165) is 38.8 Å². The molecule has 4 aromatic carbocycles. The second kappa shape index (κ2) is 10.4. The Hall–Kier alpha value is -4.54. The van der Waals surface area contributed by atoms with Gasteiger partial charge in [0.2, 0.25) is 5.75 Å². The summed E-state index contributed by atoms with van der Waals surface area (Å²) in [6, 6.07) is 23.7. The van der Waals surface area contributed by atoms with Crippen LogP contribution >= 0.6 is 0 Å². The first-order valence-corrected chi connectivity index (χ1v) is 10.7. The van der Waals surface area contributed by atoms with Gasteiger partial charge in [-0.2, -0.15) is 0 Å². The summed E-state index contributed by atoms with van der Waals surface area (Å²) in [7, 11) is 6.41. The molecule has 0 amide bonds. The third-order valence-electron chi connectivity index (χ3n) is 5.28. The van der Waals surface area contributed by atoms with E-state index in [4.69, 9.17) is 18.9 Å². The Bertz CT molecular complexity index is 1440. The zero-order valence-corrected chi connectivity index (χ0v) is 19.6. The normalized spacial score (nSPS) is 9.88. The summed E-state index contributed by atoms with van der Waals surface area (Å²) in [5.41, 5.74) is 3.51. The standard InChI is InChI=1S/C30H24O4/c1-31-27-7-5-6-21(18-27)8-9-22-12-14-25-15-13-23(17-26(25)16-22)10-11-24-19-28(32-2)30(34-4)29(20-24)33-3/h5-7,12-20H,1-4H3. The van der Waals surface area contributed by atoms with Crippen LogP contribution in [0, 0.1) is 23.7 Å². The van der Waals surface area contributed by atoms with Crippen molar-refractivity contribution >= 4 is 10.8 Å². The van der Waals surface area contributed by atoms with Gasteiger partial charge >= 0.3 is 0 Å². The molecule has 0 unspecified atom stereocenters. The van der Waals surface area contributed by atoms with Gasteiger partial charge in [0.25, 0.3) is 0 Å². The Morgan fingerprint density at radius 2 is 1.03 bits per heavy atom. The SMILES string of the molecule is COc1cccc(C#Cc2ccc3ccc(C#Cc4cc(OC)c(OC)c(OC)c4)cc3c2)c1. The molecule has 0 N–H and O–H groups in total. The van der Waals surface area contributed by atoms with Crippen LogP contribution in [-0.4, -0.2) is 28.4 Å². The smallest absolute Gasteiger partial charge is 0.203 e. The van der Waals surface area contributed by atoms with Gasteiger partial charge in [0.05, 0.1) is 28.4 Å². The van der Waals surface area contributed by atoms with Gasteiger partial charge in [0.15, 0.2) is 11.5 Å². The van der Waals surface area contributed by atoms with Crippen molar-refractivity contribution in [2.24, 2.45) is 0 Å². The highest BCUT2D eigenvalue weighted by molar-refractivity contribution is 5.85. The van der Waals surface area contributed by atoms with Crippen molar-refractivity contribution in [3.63, 3.8) is 0 Å². The van der Waals surface area contributed by atoms with Crippen LogP contribution in [0.15, 0.2) is 72.8 Å². The Kier molecular flexibility index (Phi) is 6.92. The lowest BCUT2D eigenvalue weighted by molar-refractivity contribution is 0.324. The minimum absolute atomic E-state index is 0.545. The molecule has 4 rings (SSSR count). The zero-order chi connectivity index (χ0) is 23.9. The van der Waals surface area contributed by atoms with Crippen LogP contribution in [0.25, 0.3) is 10.8 Å².